The van der Waals surface area contributed by atoms with Gasteiger partial charge in [0.25, 0.3) is 0 Å². The number of benzene rings is 1. The third kappa shape index (κ3) is 4.49. The summed E-state index contributed by atoms with van der Waals surface area (Å²) in [5, 5.41) is -0.211. The highest BCUT2D eigenvalue weighted by molar-refractivity contribution is 8.00. The number of amides is 1. The van der Waals surface area contributed by atoms with Gasteiger partial charge in [0.05, 0.1) is 16.8 Å². The molecule has 0 radical (unpaired) electrons. The molecule has 1 amide bonds. The van der Waals surface area contributed by atoms with Gasteiger partial charge >= 0.3 is 0 Å². The summed E-state index contributed by atoms with van der Waals surface area (Å²) in [7, 11) is -2.98. The number of carbonyl (C=O) groups excluding carboxylic acids is 1. The molecule has 122 valence electrons. The van der Waals surface area contributed by atoms with Gasteiger partial charge in [-0.1, -0.05) is 25.1 Å². The molecule has 0 spiro atoms. The molecule has 0 bridgehead atoms. The van der Waals surface area contributed by atoms with Gasteiger partial charge in [-0.15, -0.1) is 11.8 Å². The Morgan fingerprint density at radius 1 is 1.36 bits per heavy atom. The molecule has 1 aliphatic rings. The maximum absolute atomic E-state index is 12.7. The molecule has 1 aliphatic heterocycles. The molecule has 6 heteroatoms. The second-order valence-electron chi connectivity index (χ2n) is 5.66. The molecule has 1 saturated heterocycles. The molecule has 4 nitrogen and oxygen atoms in total. The normalized spacial score (nSPS) is 21.5. The van der Waals surface area contributed by atoms with Crippen LogP contribution < -0.4 is 0 Å². The summed E-state index contributed by atoms with van der Waals surface area (Å²) in [6.07, 6.45) is 1.40. The van der Waals surface area contributed by atoms with Crippen molar-refractivity contribution in [1.82, 2.24) is 4.90 Å². The number of rotatable bonds is 6. The Morgan fingerprint density at radius 3 is 2.59 bits per heavy atom. The first-order chi connectivity index (χ1) is 10.4. The summed E-state index contributed by atoms with van der Waals surface area (Å²) in [6.45, 7) is 4.53. The van der Waals surface area contributed by atoms with E-state index in [2.05, 4.69) is 0 Å². The van der Waals surface area contributed by atoms with Crippen molar-refractivity contribution in [2.75, 3.05) is 18.1 Å². The molecule has 22 heavy (non-hydrogen) atoms. The van der Waals surface area contributed by atoms with E-state index in [-0.39, 0.29) is 28.7 Å². The number of nitrogens with zero attached hydrogens (tertiary/aromatic N) is 1. The molecule has 1 aromatic rings. The van der Waals surface area contributed by atoms with E-state index in [0.29, 0.717) is 13.0 Å². The van der Waals surface area contributed by atoms with E-state index in [0.717, 1.165) is 11.3 Å². The van der Waals surface area contributed by atoms with Gasteiger partial charge in [0.1, 0.15) is 0 Å². The molecule has 1 aromatic carbocycles. The van der Waals surface area contributed by atoms with E-state index in [1.807, 2.05) is 44.2 Å². The quantitative estimate of drug-likeness (QED) is 0.746. The maximum atomic E-state index is 12.7. The lowest BCUT2D eigenvalue weighted by Crippen LogP contribution is -2.45. The van der Waals surface area contributed by atoms with Gasteiger partial charge in [0, 0.05) is 17.5 Å². The second-order valence-corrected chi connectivity index (χ2v) is 9.30. The first kappa shape index (κ1) is 17.3. The molecule has 2 atom stereocenters. The molecule has 0 aromatic heterocycles. The summed E-state index contributed by atoms with van der Waals surface area (Å²) >= 11 is 1.52. The van der Waals surface area contributed by atoms with Gasteiger partial charge in [-0.3, -0.25) is 4.79 Å². The van der Waals surface area contributed by atoms with Crippen molar-refractivity contribution in [1.29, 1.82) is 0 Å². The highest BCUT2D eigenvalue weighted by Crippen LogP contribution is 2.26. The summed E-state index contributed by atoms with van der Waals surface area (Å²) in [4.78, 5) is 15.6. The molecule has 1 fully saturated rings. The average molecular weight is 341 g/mol. The van der Waals surface area contributed by atoms with E-state index in [1.54, 1.807) is 4.90 Å². The number of hydrogen-bond donors (Lipinski definition) is 0. The Hall–Kier alpha value is -1.01. The highest BCUT2D eigenvalue weighted by Gasteiger charge is 2.35. The topological polar surface area (TPSA) is 54.5 Å². The molecule has 0 N–H and O–H groups in total. The van der Waals surface area contributed by atoms with Crippen LogP contribution in [0.1, 0.15) is 26.7 Å². The number of thioether (sulfide) groups is 1. The minimum Gasteiger partial charge on any atom is -0.338 e. The van der Waals surface area contributed by atoms with Crippen LogP contribution in [-0.2, 0) is 14.6 Å². The number of hydrogen-bond acceptors (Lipinski definition) is 4. The van der Waals surface area contributed by atoms with Crippen molar-refractivity contribution in [3.05, 3.63) is 30.3 Å². The Labute approximate surface area is 137 Å². The van der Waals surface area contributed by atoms with E-state index in [1.165, 1.54) is 11.8 Å². The first-order valence-electron chi connectivity index (χ1n) is 7.65. The van der Waals surface area contributed by atoms with Crippen LogP contribution in [0.2, 0.25) is 0 Å². The summed E-state index contributed by atoms with van der Waals surface area (Å²) in [5.41, 5.74) is 0. The lowest BCUT2D eigenvalue weighted by atomic mass is 10.2. The third-order valence-corrected chi connectivity index (χ3v) is 6.65. The number of carbonyl (C=O) groups is 1. The molecular formula is C16H23NO3S2. The predicted octanol–water partition coefficient (Wildman–Crippen LogP) is 2.59. The molecule has 0 aliphatic carbocycles. The van der Waals surface area contributed by atoms with Gasteiger partial charge < -0.3 is 4.90 Å². The molecule has 0 saturated carbocycles. The van der Waals surface area contributed by atoms with E-state index in [9.17, 15) is 13.2 Å². The van der Waals surface area contributed by atoms with Crippen molar-refractivity contribution in [3.63, 3.8) is 0 Å². The Kier molecular flexibility index (Phi) is 5.92. The SMILES string of the molecule is CCCN(C(=O)C(C)Sc1ccccc1)C1CCS(=O)(=O)C1. The van der Waals surface area contributed by atoms with Crippen LogP contribution in [-0.4, -0.2) is 48.6 Å². The van der Waals surface area contributed by atoms with Crippen LogP contribution in [0.3, 0.4) is 0 Å². The largest absolute Gasteiger partial charge is 0.338 e. The second kappa shape index (κ2) is 7.51. The molecular weight excluding hydrogens is 318 g/mol. The van der Waals surface area contributed by atoms with Gasteiger partial charge in [-0.25, -0.2) is 8.42 Å². The zero-order valence-corrected chi connectivity index (χ0v) is 14.7. The highest BCUT2D eigenvalue weighted by atomic mass is 32.2. The first-order valence-corrected chi connectivity index (χ1v) is 10.4. The molecule has 2 unspecified atom stereocenters. The summed E-state index contributed by atoms with van der Waals surface area (Å²) in [5.74, 6) is 0.352. The number of sulfone groups is 1. The van der Waals surface area contributed by atoms with Crippen molar-refractivity contribution < 1.29 is 13.2 Å². The van der Waals surface area contributed by atoms with Gasteiger partial charge in [0.2, 0.25) is 5.91 Å². The predicted molar refractivity (Wildman–Crippen MR) is 90.8 cm³/mol. The van der Waals surface area contributed by atoms with Crippen LogP contribution in [0, 0.1) is 0 Å². The molecule has 1 heterocycles. The monoisotopic (exact) mass is 341 g/mol. The average Bonchev–Trinajstić information content (AvgIpc) is 2.85. The fraction of sp³-hybridized carbons (Fsp3) is 0.562. The lowest BCUT2D eigenvalue weighted by molar-refractivity contribution is -0.132. The van der Waals surface area contributed by atoms with Gasteiger partial charge in [-0.05, 0) is 31.9 Å². The minimum atomic E-state index is -2.98. The van der Waals surface area contributed by atoms with Gasteiger partial charge in [0.15, 0.2) is 9.84 Å². The molecule has 2 rings (SSSR count). The Morgan fingerprint density at radius 2 is 2.05 bits per heavy atom. The van der Waals surface area contributed by atoms with Crippen molar-refractivity contribution in [2.45, 2.75) is 42.9 Å². The van der Waals surface area contributed by atoms with Crippen molar-refractivity contribution in [3.8, 4) is 0 Å². The maximum Gasteiger partial charge on any atom is 0.236 e. The van der Waals surface area contributed by atoms with Crippen LogP contribution in [0.15, 0.2) is 35.2 Å². The lowest BCUT2D eigenvalue weighted by Gasteiger charge is -2.30. The van der Waals surface area contributed by atoms with Crippen LogP contribution in [0.4, 0.5) is 0 Å². The zero-order chi connectivity index (χ0) is 16.2. The fourth-order valence-corrected chi connectivity index (χ4v) is 5.41. The minimum absolute atomic E-state index is 0.0396. The standard InChI is InChI=1S/C16H23NO3S2/c1-3-10-17(14-9-11-22(19,20)12-14)16(18)13(2)21-15-7-5-4-6-8-15/h4-8,13-14H,3,9-12H2,1-2H3. The smallest absolute Gasteiger partial charge is 0.236 e. The third-order valence-electron chi connectivity index (χ3n) is 3.80. The Bertz CT molecular complexity index is 601. The van der Waals surface area contributed by atoms with Crippen molar-refractivity contribution >= 4 is 27.5 Å². The van der Waals surface area contributed by atoms with Gasteiger partial charge in [-0.2, -0.15) is 0 Å². The van der Waals surface area contributed by atoms with E-state index in [4.69, 9.17) is 0 Å². The summed E-state index contributed by atoms with van der Waals surface area (Å²) in [6, 6.07) is 9.66. The van der Waals surface area contributed by atoms with E-state index < -0.39 is 9.84 Å². The van der Waals surface area contributed by atoms with E-state index >= 15 is 0 Å². The fourth-order valence-electron chi connectivity index (χ4n) is 2.72. The van der Waals surface area contributed by atoms with Crippen LogP contribution in [0.5, 0.6) is 0 Å². The zero-order valence-electron chi connectivity index (χ0n) is 13.1. The Balaban J connectivity index is 2.06. The van der Waals surface area contributed by atoms with Crippen LogP contribution >= 0.6 is 11.8 Å². The van der Waals surface area contributed by atoms with Crippen LogP contribution in [0.25, 0.3) is 0 Å². The summed E-state index contributed by atoms with van der Waals surface area (Å²) < 4.78 is 23.4. The van der Waals surface area contributed by atoms with Crippen molar-refractivity contribution in [2.24, 2.45) is 0 Å².